The van der Waals surface area contributed by atoms with Gasteiger partial charge in [-0.2, -0.15) is 0 Å². The van der Waals surface area contributed by atoms with Crippen LogP contribution < -0.4 is 10.1 Å². The largest absolute Gasteiger partial charge is 0.504 e. The topological polar surface area (TPSA) is 61.8 Å². The molecule has 20 heavy (non-hydrogen) atoms. The van der Waals surface area contributed by atoms with E-state index < -0.39 is 0 Å². The molecule has 0 saturated carbocycles. The molecule has 1 rings (SSSR count). The number of phenols is 1. The Balaban J connectivity index is 2.65. The second kappa shape index (κ2) is 7.75. The summed E-state index contributed by atoms with van der Waals surface area (Å²) in [5, 5.41) is 13.1. The number of likely N-dealkylation sites (N-methyl/N-ethyl adjacent to an activating group) is 1. The summed E-state index contributed by atoms with van der Waals surface area (Å²) in [4.78, 5) is 13.9. The summed E-state index contributed by atoms with van der Waals surface area (Å²) in [6, 6.07) is 5.02. The van der Waals surface area contributed by atoms with Gasteiger partial charge in [0.1, 0.15) is 0 Å². The summed E-state index contributed by atoms with van der Waals surface area (Å²) in [7, 11) is 1.51. The number of hydrogen-bond donors (Lipinski definition) is 2. The van der Waals surface area contributed by atoms with Crippen LogP contribution in [-0.4, -0.2) is 42.2 Å². The SMILES string of the molecule is CCN(CC)C(=O)C(C)NCc1cccc(OC)c1O. The van der Waals surface area contributed by atoms with Crippen LogP contribution in [0, 0.1) is 0 Å². The summed E-state index contributed by atoms with van der Waals surface area (Å²) < 4.78 is 5.06. The standard InChI is InChI=1S/C15H24N2O3/c1-5-17(6-2)15(19)11(3)16-10-12-8-7-9-13(20-4)14(12)18/h7-9,11,16,18H,5-6,10H2,1-4H3. The van der Waals surface area contributed by atoms with Crippen molar-refractivity contribution in [3.05, 3.63) is 23.8 Å². The zero-order valence-corrected chi connectivity index (χ0v) is 12.6. The van der Waals surface area contributed by atoms with Gasteiger partial charge in [-0.1, -0.05) is 12.1 Å². The van der Waals surface area contributed by atoms with Crippen LogP contribution in [0.4, 0.5) is 0 Å². The summed E-state index contributed by atoms with van der Waals surface area (Å²) >= 11 is 0. The van der Waals surface area contributed by atoms with Gasteiger partial charge in [0, 0.05) is 25.2 Å². The van der Waals surface area contributed by atoms with Gasteiger partial charge in [-0.05, 0) is 26.8 Å². The molecule has 0 saturated heterocycles. The summed E-state index contributed by atoms with van der Waals surface area (Å²) in [5.74, 6) is 0.620. The fraction of sp³-hybridized carbons (Fsp3) is 0.533. The Kier molecular flexibility index (Phi) is 6.31. The van der Waals surface area contributed by atoms with E-state index in [1.165, 1.54) is 7.11 Å². The van der Waals surface area contributed by atoms with Gasteiger partial charge in [0.2, 0.25) is 5.91 Å². The lowest BCUT2D eigenvalue weighted by Crippen LogP contribution is -2.44. The second-order valence-corrected chi connectivity index (χ2v) is 4.58. The van der Waals surface area contributed by atoms with Gasteiger partial charge in [0.15, 0.2) is 11.5 Å². The number of para-hydroxylation sites is 1. The predicted molar refractivity (Wildman–Crippen MR) is 78.9 cm³/mol. The van der Waals surface area contributed by atoms with Crippen LogP contribution in [0.15, 0.2) is 18.2 Å². The lowest BCUT2D eigenvalue weighted by Gasteiger charge is -2.23. The van der Waals surface area contributed by atoms with Gasteiger partial charge < -0.3 is 20.1 Å². The maximum atomic E-state index is 12.1. The average molecular weight is 280 g/mol. The molecular formula is C15H24N2O3. The highest BCUT2D eigenvalue weighted by Gasteiger charge is 2.18. The number of nitrogens with zero attached hydrogens (tertiary/aromatic N) is 1. The van der Waals surface area contributed by atoms with E-state index in [0.29, 0.717) is 30.9 Å². The average Bonchev–Trinajstić information content (AvgIpc) is 2.47. The number of carbonyl (C=O) groups excluding carboxylic acids is 1. The van der Waals surface area contributed by atoms with Gasteiger partial charge in [-0.3, -0.25) is 4.79 Å². The van der Waals surface area contributed by atoms with Crippen LogP contribution >= 0.6 is 0 Å². The van der Waals surface area contributed by atoms with E-state index in [2.05, 4.69) is 5.32 Å². The maximum absolute atomic E-state index is 12.1. The molecule has 1 aromatic rings. The van der Waals surface area contributed by atoms with Crippen molar-refractivity contribution < 1.29 is 14.6 Å². The molecule has 1 unspecified atom stereocenters. The van der Waals surface area contributed by atoms with Crippen molar-refractivity contribution in [2.75, 3.05) is 20.2 Å². The van der Waals surface area contributed by atoms with Crippen LogP contribution in [0.1, 0.15) is 26.3 Å². The third-order valence-corrected chi connectivity index (χ3v) is 3.35. The Bertz CT molecular complexity index is 445. The van der Waals surface area contributed by atoms with E-state index in [1.54, 1.807) is 17.0 Å². The molecule has 0 aromatic heterocycles. The van der Waals surface area contributed by atoms with E-state index in [-0.39, 0.29) is 17.7 Å². The van der Waals surface area contributed by atoms with Crippen LogP contribution in [0.3, 0.4) is 0 Å². The predicted octanol–water partition coefficient (Wildman–Crippen LogP) is 1.75. The number of methoxy groups -OCH3 is 1. The first-order valence-corrected chi connectivity index (χ1v) is 6.92. The zero-order chi connectivity index (χ0) is 15.1. The minimum absolute atomic E-state index is 0.0670. The zero-order valence-electron chi connectivity index (χ0n) is 12.6. The Labute approximate surface area is 120 Å². The summed E-state index contributed by atoms with van der Waals surface area (Å²) in [5.41, 5.74) is 0.712. The number of nitrogens with one attached hydrogen (secondary N) is 1. The van der Waals surface area contributed by atoms with Crippen molar-refractivity contribution in [3.63, 3.8) is 0 Å². The Hall–Kier alpha value is -1.75. The smallest absolute Gasteiger partial charge is 0.239 e. The summed E-state index contributed by atoms with van der Waals surface area (Å²) in [6.07, 6.45) is 0. The highest BCUT2D eigenvalue weighted by molar-refractivity contribution is 5.81. The van der Waals surface area contributed by atoms with E-state index in [4.69, 9.17) is 4.74 Å². The molecular weight excluding hydrogens is 256 g/mol. The van der Waals surface area contributed by atoms with Gasteiger partial charge in [-0.25, -0.2) is 0 Å². The molecule has 0 bridgehead atoms. The fourth-order valence-electron chi connectivity index (χ4n) is 2.03. The Morgan fingerprint density at radius 2 is 2.05 bits per heavy atom. The van der Waals surface area contributed by atoms with Crippen molar-refractivity contribution in [2.45, 2.75) is 33.4 Å². The van der Waals surface area contributed by atoms with E-state index in [0.717, 1.165) is 0 Å². The van der Waals surface area contributed by atoms with Gasteiger partial charge in [-0.15, -0.1) is 0 Å². The molecule has 1 amide bonds. The molecule has 0 radical (unpaired) electrons. The first-order chi connectivity index (χ1) is 9.54. The van der Waals surface area contributed by atoms with Crippen LogP contribution in [0.5, 0.6) is 11.5 Å². The van der Waals surface area contributed by atoms with Crippen molar-refractivity contribution >= 4 is 5.91 Å². The number of benzene rings is 1. The number of amides is 1. The molecule has 0 aliphatic carbocycles. The monoisotopic (exact) mass is 280 g/mol. The summed E-state index contributed by atoms with van der Waals surface area (Å²) in [6.45, 7) is 7.57. The number of hydrogen-bond acceptors (Lipinski definition) is 4. The molecule has 0 aliphatic rings. The highest BCUT2D eigenvalue weighted by Crippen LogP contribution is 2.29. The normalized spacial score (nSPS) is 12.0. The number of phenolic OH excluding ortho intramolecular Hbond substituents is 1. The van der Waals surface area contributed by atoms with Crippen molar-refractivity contribution in [2.24, 2.45) is 0 Å². The minimum atomic E-state index is -0.291. The van der Waals surface area contributed by atoms with E-state index in [9.17, 15) is 9.90 Å². The molecule has 0 aliphatic heterocycles. The number of carbonyl (C=O) groups is 1. The number of ether oxygens (including phenoxy) is 1. The van der Waals surface area contributed by atoms with Gasteiger partial charge in [0.05, 0.1) is 13.2 Å². The number of rotatable bonds is 7. The fourth-order valence-corrected chi connectivity index (χ4v) is 2.03. The van der Waals surface area contributed by atoms with Gasteiger partial charge in [0.25, 0.3) is 0 Å². The van der Waals surface area contributed by atoms with Crippen LogP contribution in [-0.2, 0) is 11.3 Å². The molecule has 0 spiro atoms. The maximum Gasteiger partial charge on any atom is 0.239 e. The Morgan fingerprint density at radius 1 is 1.40 bits per heavy atom. The third kappa shape index (κ3) is 3.87. The highest BCUT2D eigenvalue weighted by atomic mass is 16.5. The molecule has 2 N–H and O–H groups in total. The first kappa shape index (κ1) is 16.3. The lowest BCUT2D eigenvalue weighted by atomic mass is 10.1. The molecule has 1 atom stereocenters. The van der Waals surface area contributed by atoms with Crippen molar-refractivity contribution in [1.29, 1.82) is 0 Å². The minimum Gasteiger partial charge on any atom is -0.504 e. The second-order valence-electron chi connectivity index (χ2n) is 4.58. The quantitative estimate of drug-likeness (QED) is 0.799. The molecule has 112 valence electrons. The Morgan fingerprint density at radius 3 is 2.60 bits per heavy atom. The first-order valence-electron chi connectivity index (χ1n) is 6.92. The molecule has 5 heteroatoms. The van der Waals surface area contributed by atoms with E-state index in [1.807, 2.05) is 26.8 Å². The molecule has 0 fully saturated rings. The van der Waals surface area contributed by atoms with E-state index >= 15 is 0 Å². The lowest BCUT2D eigenvalue weighted by molar-refractivity contribution is -0.132. The number of aromatic hydroxyl groups is 1. The van der Waals surface area contributed by atoms with Crippen molar-refractivity contribution in [1.82, 2.24) is 10.2 Å². The van der Waals surface area contributed by atoms with Crippen LogP contribution in [0.2, 0.25) is 0 Å². The van der Waals surface area contributed by atoms with Crippen LogP contribution in [0.25, 0.3) is 0 Å². The molecule has 1 aromatic carbocycles. The molecule has 5 nitrogen and oxygen atoms in total. The van der Waals surface area contributed by atoms with Gasteiger partial charge >= 0.3 is 0 Å². The third-order valence-electron chi connectivity index (χ3n) is 3.35. The molecule has 0 heterocycles. The van der Waals surface area contributed by atoms with Crippen molar-refractivity contribution in [3.8, 4) is 11.5 Å².